The Balaban J connectivity index is 0.000000331. The van der Waals surface area contributed by atoms with Crippen LogP contribution in [-0.2, 0) is 0 Å². The highest BCUT2D eigenvalue weighted by Gasteiger charge is 2.35. The van der Waals surface area contributed by atoms with E-state index < -0.39 is 53.5 Å². The smallest absolute Gasteiger partial charge is 0.403 e. The van der Waals surface area contributed by atoms with E-state index in [0.29, 0.717) is 24.3 Å². The van der Waals surface area contributed by atoms with Crippen molar-refractivity contribution >= 4 is 28.3 Å². The van der Waals surface area contributed by atoms with Gasteiger partial charge in [0.2, 0.25) is 0 Å². The highest BCUT2D eigenvalue weighted by Crippen LogP contribution is 2.41. The van der Waals surface area contributed by atoms with Gasteiger partial charge in [-0.25, -0.2) is 17.6 Å². The van der Waals surface area contributed by atoms with E-state index in [0.717, 1.165) is 12.8 Å². The van der Waals surface area contributed by atoms with Crippen molar-refractivity contribution in [2.24, 2.45) is 11.7 Å². The molecular weight excluding hydrogens is 568 g/mol. The lowest BCUT2D eigenvalue weighted by atomic mass is 10.0. The number of hydrogen-bond acceptors (Lipinski definition) is 3. The monoisotopic (exact) mass is 579 g/mol. The van der Waals surface area contributed by atoms with Gasteiger partial charge in [-0.05, 0) is 46.8 Å². The summed E-state index contributed by atoms with van der Waals surface area (Å²) in [4.78, 5) is 0. The van der Waals surface area contributed by atoms with E-state index in [2.05, 4.69) is 25.4 Å². The first kappa shape index (κ1) is 29.1. The SMILES string of the molecule is Cl.Fc1cc(OC(F)(F)F)c(F)cc1Br.NC(c1cc(F)c(OC(F)(F)F)cc1F)C1CC1. The van der Waals surface area contributed by atoms with Gasteiger partial charge >= 0.3 is 12.7 Å². The van der Waals surface area contributed by atoms with Crippen molar-refractivity contribution in [2.45, 2.75) is 31.6 Å². The third-order valence-corrected chi connectivity index (χ3v) is 4.57. The molecule has 2 aromatic rings. The molecule has 0 aromatic heterocycles. The first-order valence-electron chi connectivity index (χ1n) is 8.48. The molecular formula is C18H13BrClF10NO2. The number of ether oxygens (including phenoxy) is 2. The van der Waals surface area contributed by atoms with Crippen LogP contribution in [0.25, 0.3) is 0 Å². The van der Waals surface area contributed by atoms with E-state index in [-0.39, 0.29) is 28.4 Å². The van der Waals surface area contributed by atoms with Crippen LogP contribution in [0.1, 0.15) is 24.4 Å². The lowest BCUT2D eigenvalue weighted by molar-refractivity contribution is -0.276. The maximum Gasteiger partial charge on any atom is 0.573 e. The third-order valence-electron chi connectivity index (χ3n) is 3.97. The molecule has 3 nitrogen and oxygen atoms in total. The zero-order valence-electron chi connectivity index (χ0n) is 15.8. The van der Waals surface area contributed by atoms with Crippen LogP contribution in [0.4, 0.5) is 43.9 Å². The second-order valence-corrected chi connectivity index (χ2v) is 7.31. The third kappa shape index (κ3) is 9.08. The molecule has 1 aliphatic rings. The van der Waals surface area contributed by atoms with Gasteiger partial charge < -0.3 is 15.2 Å². The van der Waals surface area contributed by atoms with E-state index in [1.54, 1.807) is 0 Å². The minimum absolute atomic E-state index is 0. The Hall–Kier alpha value is -1.93. The van der Waals surface area contributed by atoms with Gasteiger partial charge in [0.05, 0.1) is 4.47 Å². The molecule has 0 amide bonds. The van der Waals surface area contributed by atoms with Gasteiger partial charge in [0.15, 0.2) is 23.1 Å². The number of nitrogens with two attached hydrogens (primary N) is 1. The van der Waals surface area contributed by atoms with E-state index in [1.807, 2.05) is 0 Å². The second kappa shape index (κ2) is 11.0. The van der Waals surface area contributed by atoms with Crippen molar-refractivity contribution in [3.8, 4) is 11.5 Å². The van der Waals surface area contributed by atoms with Gasteiger partial charge in [0.25, 0.3) is 0 Å². The Kier molecular flexibility index (Phi) is 9.70. The van der Waals surface area contributed by atoms with E-state index in [9.17, 15) is 43.9 Å². The summed E-state index contributed by atoms with van der Waals surface area (Å²) in [6.45, 7) is 0. The number of rotatable bonds is 4. The standard InChI is InChI=1S/C11H10F5NO.C7H2BrF5O.ClH/c12-7-4-9(18-11(14,15)16)8(13)3-6(7)10(17)5-1-2-5;8-3-1-5(10)6(2-4(3)9)14-7(11,12)13;/h3-5,10H,1-2,17H2;1-2H;1H. The average Bonchev–Trinajstić information content (AvgIpc) is 3.45. The Morgan fingerprint density at radius 3 is 1.61 bits per heavy atom. The summed E-state index contributed by atoms with van der Waals surface area (Å²) >= 11 is 2.61. The summed E-state index contributed by atoms with van der Waals surface area (Å²) in [6.07, 6.45) is -8.49. The van der Waals surface area contributed by atoms with Gasteiger partial charge in [0, 0.05) is 23.7 Å². The number of alkyl halides is 6. The largest absolute Gasteiger partial charge is 0.573 e. The molecule has 0 heterocycles. The summed E-state index contributed by atoms with van der Waals surface area (Å²) in [5.74, 6) is -6.92. The fraction of sp³-hybridized carbons (Fsp3) is 0.333. The molecule has 1 fully saturated rings. The van der Waals surface area contributed by atoms with E-state index in [4.69, 9.17) is 5.73 Å². The summed E-state index contributed by atoms with van der Waals surface area (Å²) < 4.78 is 129. The zero-order valence-corrected chi connectivity index (χ0v) is 18.2. The Morgan fingerprint density at radius 1 is 0.758 bits per heavy atom. The van der Waals surface area contributed by atoms with Crippen molar-refractivity contribution in [3.05, 3.63) is 57.6 Å². The zero-order chi connectivity index (χ0) is 24.4. The minimum Gasteiger partial charge on any atom is -0.403 e. The molecule has 0 aliphatic heterocycles. The minimum atomic E-state index is -5.06. The molecule has 1 saturated carbocycles. The first-order chi connectivity index (χ1) is 14.6. The molecule has 2 N–H and O–H groups in total. The van der Waals surface area contributed by atoms with Crippen molar-refractivity contribution in [3.63, 3.8) is 0 Å². The quantitative estimate of drug-likeness (QED) is 0.305. The van der Waals surface area contributed by atoms with E-state index >= 15 is 0 Å². The summed E-state index contributed by atoms with van der Waals surface area (Å²) in [6, 6.07) is 1.21. The molecule has 0 saturated heterocycles. The summed E-state index contributed by atoms with van der Waals surface area (Å²) in [7, 11) is 0. The molecule has 15 heteroatoms. The molecule has 0 radical (unpaired) electrons. The number of benzene rings is 2. The lowest BCUT2D eigenvalue weighted by Crippen LogP contribution is -2.19. The highest BCUT2D eigenvalue weighted by molar-refractivity contribution is 9.10. The van der Waals surface area contributed by atoms with Crippen LogP contribution < -0.4 is 15.2 Å². The molecule has 1 atom stereocenters. The van der Waals surface area contributed by atoms with Crippen LogP contribution in [0.5, 0.6) is 11.5 Å². The van der Waals surface area contributed by atoms with Crippen molar-refractivity contribution in [1.29, 1.82) is 0 Å². The van der Waals surface area contributed by atoms with Gasteiger partial charge in [-0.2, -0.15) is 0 Å². The van der Waals surface area contributed by atoms with Gasteiger partial charge in [-0.15, -0.1) is 38.7 Å². The van der Waals surface area contributed by atoms with Crippen LogP contribution in [-0.4, -0.2) is 12.7 Å². The summed E-state index contributed by atoms with van der Waals surface area (Å²) in [5, 5.41) is 0. The van der Waals surface area contributed by atoms with Crippen molar-refractivity contribution < 1.29 is 53.4 Å². The maximum atomic E-state index is 13.5. The molecule has 0 bridgehead atoms. The van der Waals surface area contributed by atoms with E-state index in [1.165, 1.54) is 0 Å². The van der Waals surface area contributed by atoms with Crippen LogP contribution in [0.2, 0.25) is 0 Å². The topological polar surface area (TPSA) is 44.5 Å². The van der Waals surface area contributed by atoms with Crippen LogP contribution in [0.15, 0.2) is 28.7 Å². The predicted octanol–water partition coefficient (Wildman–Crippen LogP) is 7.32. The van der Waals surface area contributed by atoms with Crippen molar-refractivity contribution in [1.82, 2.24) is 0 Å². The normalized spacial score (nSPS) is 14.5. The van der Waals surface area contributed by atoms with Crippen molar-refractivity contribution in [2.75, 3.05) is 0 Å². The second-order valence-electron chi connectivity index (χ2n) is 6.46. The molecule has 33 heavy (non-hydrogen) atoms. The number of halogens is 12. The lowest BCUT2D eigenvalue weighted by Gasteiger charge is -2.15. The fourth-order valence-corrected chi connectivity index (χ4v) is 2.73. The Labute approximate surface area is 194 Å². The molecule has 186 valence electrons. The van der Waals surface area contributed by atoms with Gasteiger partial charge in [-0.1, -0.05) is 0 Å². The Morgan fingerprint density at radius 2 is 1.18 bits per heavy atom. The predicted molar refractivity (Wildman–Crippen MR) is 101 cm³/mol. The molecule has 2 aromatic carbocycles. The molecule has 1 aliphatic carbocycles. The van der Waals surface area contributed by atoms with Crippen LogP contribution >= 0.6 is 28.3 Å². The molecule has 3 rings (SSSR count). The Bertz CT molecular complexity index is 967. The van der Waals surface area contributed by atoms with Gasteiger partial charge in [0.1, 0.15) is 11.6 Å². The summed E-state index contributed by atoms with van der Waals surface area (Å²) in [5.41, 5.74) is 5.56. The van der Waals surface area contributed by atoms with Crippen LogP contribution in [0, 0.1) is 29.2 Å². The number of hydrogen-bond donors (Lipinski definition) is 1. The maximum absolute atomic E-state index is 13.5. The molecule has 1 unspecified atom stereocenters. The molecule has 0 spiro atoms. The first-order valence-corrected chi connectivity index (χ1v) is 9.27. The van der Waals surface area contributed by atoms with Crippen LogP contribution in [0.3, 0.4) is 0 Å². The highest BCUT2D eigenvalue weighted by atomic mass is 79.9. The van der Waals surface area contributed by atoms with Gasteiger partial charge in [-0.3, -0.25) is 0 Å². The fourth-order valence-electron chi connectivity index (χ4n) is 2.42. The average molecular weight is 581 g/mol.